The summed E-state index contributed by atoms with van der Waals surface area (Å²) in [5.74, 6) is -0.790. The minimum absolute atomic E-state index is 0.0463. The first kappa shape index (κ1) is 18.8. The first-order valence-corrected chi connectivity index (χ1v) is 10.4. The Bertz CT molecular complexity index is 730. The lowest BCUT2D eigenvalue weighted by Gasteiger charge is -2.11. The SMILES string of the molecule is Cc1ccc(SCC(=O)OCC(=O)N[C@@H]2CCS(=O)(=O)C2)cc1C. The summed E-state index contributed by atoms with van der Waals surface area (Å²) in [4.78, 5) is 24.3. The van der Waals surface area contributed by atoms with Crippen molar-refractivity contribution in [1.29, 1.82) is 0 Å². The van der Waals surface area contributed by atoms with Gasteiger partial charge in [-0.2, -0.15) is 0 Å². The van der Waals surface area contributed by atoms with E-state index >= 15 is 0 Å². The number of benzene rings is 1. The average Bonchev–Trinajstić information content (AvgIpc) is 2.85. The molecule has 6 nitrogen and oxygen atoms in total. The first-order chi connectivity index (χ1) is 11.2. The molecule has 1 saturated heterocycles. The van der Waals surface area contributed by atoms with Crippen molar-refractivity contribution >= 4 is 33.5 Å². The highest BCUT2D eigenvalue weighted by Gasteiger charge is 2.28. The van der Waals surface area contributed by atoms with Gasteiger partial charge >= 0.3 is 5.97 Å². The van der Waals surface area contributed by atoms with E-state index in [0.717, 1.165) is 10.5 Å². The Morgan fingerprint density at radius 3 is 2.67 bits per heavy atom. The molecule has 1 heterocycles. The van der Waals surface area contributed by atoms with Gasteiger partial charge in [0.25, 0.3) is 5.91 Å². The number of carbonyl (C=O) groups excluding carboxylic acids is 2. The third-order valence-electron chi connectivity index (χ3n) is 3.80. The van der Waals surface area contributed by atoms with Crippen LogP contribution in [0.2, 0.25) is 0 Å². The summed E-state index contributed by atoms with van der Waals surface area (Å²) in [6, 6.07) is 5.55. The molecule has 1 N–H and O–H groups in total. The fraction of sp³-hybridized carbons (Fsp3) is 0.500. The maximum absolute atomic E-state index is 11.7. The number of hydrogen-bond acceptors (Lipinski definition) is 6. The molecule has 1 aliphatic rings. The fourth-order valence-corrected chi connectivity index (χ4v) is 4.78. The maximum atomic E-state index is 11.7. The fourth-order valence-electron chi connectivity index (χ4n) is 2.31. The molecule has 0 unspecified atom stereocenters. The molecule has 1 aromatic carbocycles. The second-order valence-corrected chi connectivity index (χ2v) is 9.14. The van der Waals surface area contributed by atoms with Crippen LogP contribution >= 0.6 is 11.8 Å². The van der Waals surface area contributed by atoms with Crippen molar-refractivity contribution in [2.75, 3.05) is 23.9 Å². The number of thioether (sulfide) groups is 1. The summed E-state index contributed by atoms with van der Waals surface area (Å²) in [7, 11) is -3.04. The van der Waals surface area contributed by atoms with Gasteiger partial charge in [0.05, 0.1) is 17.3 Å². The zero-order valence-corrected chi connectivity index (χ0v) is 15.3. The van der Waals surface area contributed by atoms with Gasteiger partial charge < -0.3 is 10.1 Å². The molecular formula is C16H21NO5S2. The zero-order chi connectivity index (χ0) is 17.7. The quantitative estimate of drug-likeness (QED) is 0.598. The number of carbonyl (C=O) groups is 2. The van der Waals surface area contributed by atoms with Gasteiger partial charge in [-0.15, -0.1) is 11.8 Å². The minimum Gasteiger partial charge on any atom is -0.455 e. The van der Waals surface area contributed by atoms with Crippen LogP contribution in [-0.2, 0) is 24.2 Å². The third kappa shape index (κ3) is 5.83. The number of amides is 1. The highest BCUT2D eigenvalue weighted by Crippen LogP contribution is 2.21. The van der Waals surface area contributed by atoms with Crippen LogP contribution in [0.3, 0.4) is 0 Å². The molecule has 132 valence electrons. The predicted octanol–water partition coefficient (Wildman–Crippen LogP) is 1.24. The number of ether oxygens (including phenoxy) is 1. The van der Waals surface area contributed by atoms with Crippen LogP contribution < -0.4 is 5.32 Å². The minimum atomic E-state index is -3.04. The Morgan fingerprint density at radius 1 is 1.29 bits per heavy atom. The molecule has 1 amide bonds. The van der Waals surface area contributed by atoms with Gasteiger partial charge in [-0.05, 0) is 43.5 Å². The van der Waals surface area contributed by atoms with Crippen molar-refractivity contribution in [3.05, 3.63) is 29.3 Å². The summed E-state index contributed by atoms with van der Waals surface area (Å²) < 4.78 is 27.5. The van der Waals surface area contributed by atoms with E-state index in [1.54, 1.807) is 0 Å². The normalized spacial score (nSPS) is 19.0. The molecule has 0 aromatic heterocycles. The molecule has 24 heavy (non-hydrogen) atoms. The van der Waals surface area contributed by atoms with E-state index in [0.29, 0.717) is 6.42 Å². The maximum Gasteiger partial charge on any atom is 0.316 e. The number of aryl methyl sites for hydroxylation is 2. The van der Waals surface area contributed by atoms with Crippen molar-refractivity contribution in [3.63, 3.8) is 0 Å². The highest BCUT2D eigenvalue weighted by atomic mass is 32.2. The second-order valence-electron chi connectivity index (χ2n) is 5.86. The number of rotatable bonds is 6. The largest absolute Gasteiger partial charge is 0.455 e. The molecule has 0 aliphatic carbocycles. The topological polar surface area (TPSA) is 89.5 Å². The van der Waals surface area contributed by atoms with Crippen LogP contribution in [0, 0.1) is 13.8 Å². The second kappa shape index (κ2) is 8.02. The zero-order valence-electron chi connectivity index (χ0n) is 13.7. The van der Waals surface area contributed by atoms with Crippen molar-refractivity contribution in [2.45, 2.75) is 31.2 Å². The molecule has 0 bridgehead atoms. The van der Waals surface area contributed by atoms with Crippen molar-refractivity contribution in [3.8, 4) is 0 Å². The van der Waals surface area contributed by atoms with Gasteiger partial charge in [-0.1, -0.05) is 6.07 Å². The molecular weight excluding hydrogens is 350 g/mol. The first-order valence-electron chi connectivity index (χ1n) is 7.60. The monoisotopic (exact) mass is 371 g/mol. The number of sulfone groups is 1. The Kier molecular flexibility index (Phi) is 6.28. The molecule has 1 aliphatic heterocycles. The van der Waals surface area contributed by atoms with Crippen molar-refractivity contribution < 1.29 is 22.7 Å². The smallest absolute Gasteiger partial charge is 0.316 e. The Hall–Kier alpha value is -1.54. The molecule has 8 heteroatoms. The van der Waals surface area contributed by atoms with E-state index in [4.69, 9.17) is 4.74 Å². The summed E-state index contributed by atoms with van der Waals surface area (Å²) in [5.41, 5.74) is 2.34. The molecule has 0 spiro atoms. The van der Waals surface area contributed by atoms with E-state index in [1.807, 2.05) is 32.0 Å². The lowest BCUT2D eigenvalue weighted by atomic mass is 10.1. The van der Waals surface area contributed by atoms with Gasteiger partial charge in [0.2, 0.25) is 0 Å². The van der Waals surface area contributed by atoms with E-state index in [2.05, 4.69) is 5.32 Å². The van der Waals surface area contributed by atoms with Crippen LogP contribution in [0.1, 0.15) is 17.5 Å². The average molecular weight is 371 g/mol. The lowest BCUT2D eigenvalue weighted by molar-refractivity contribution is -0.146. The molecule has 1 aromatic rings. The van der Waals surface area contributed by atoms with E-state index in [1.165, 1.54) is 17.3 Å². The Morgan fingerprint density at radius 2 is 2.04 bits per heavy atom. The van der Waals surface area contributed by atoms with Gasteiger partial charge in [0, 0.05) is 10.9 Å². The summed E-state index contributed by atoms with van der Waals surface area (Å²) >= 11 is 1.35. The number of nitrogens with one attached hydrogen (secondary N) is 1. The van der Waals surface area contributed by atoms with E-state index in [9.17, 15) is 18.0 Å². The van der Waals surface area contributed by atoms with Crippen LogP contribution in [-0.4, -0.2) is 50.2 Å². The van der Waals surface area contributed by atoms with E-state index in [-0.39, 0.29) is 29.9 Å². The Balaban J connectivity index is 1.69. The lowest BCUT2D eigenvalue weighted by Crippen LogP contribution is -2.38. The van der Waals surface area contributed by atoms with Crippen LogP contribution in [0.25, 0.3) is 0 Å². The predicted molar refractivity (Wildman–Crippen MR) is 92.8 cm³/mol. The number of hydrogen-bond donors (Lipinski definition) is 1. The van der Waals surface area contributed by atoms with Gasteiger partial charge in [-0.25, -0.2) is 8.42 Å². The van der Waals surface area contributed by atoms with Gasteiger partial charge in [-0.3, -0.25) is 9.59 Å². The standard InChI is InChI=1S/C16H21NO5S2/c1-11-3-4-14(7-12(11)2)23-9-16(19)22-8-15(18)17-13-5-6-24(20,21)10-13/h3-4,7,13H,5-6,8-10H2,1-2H3,(H,17,18)/t13-/m1/s1. The van der Waals surface area contributed by atoms with Crippen LogP contribution in [0.15, 0.2) is 23.1 Å². The highest BCUT2D eigenvalue weighted by molar-refractivity contribution is 8.00. The molecule has 1 atom stereocenters. The molecule has 1 fully saturated rings. The summed E-state index contributed by atoms with van der Waals surface area (Å²) in [6.07, 6.45) is 0.407. The third-order valence-corrected chi connectivity index (χ3v) is 6.53. The summed E-state index contributed by atoms with van der Waals surface area (Å²) in [5, 5.41) is 2.58. The summed E-state index contributed by atoms with van der Waals surface area (Å²) in [6.45, 7) is 3.64. The molecule has 0 saturated carbocycles. The molecule has 2 rings (SSSR count). The van der Waals surface area contributed by atoms with Crippen molar-refractivity contribution in [1.82, 2.24) is 5.32 Å². The van der Waals surface area contributed by atoms with E-state index < -0.39 is 21.7 Å². The Labute approximate surface area is 146 Å². The van der Waals surface area contributed by atoms with Gasteiger partial charge in [0.1, 0.15) is 0 Å². The number of esters is 1. The molecule has 0 radical (unpaired) electrons. The van der Waals surface area contributed by atoms with Gasteiger partial charge in [0.15, 0.2) is 16.4 Å². The van der Waals surface area contributed by atoms with Crippen LogP contribution in [0.5, 0.6) is 0 Å². The van der Waals surface area contributed by atoms with Crippen molar-refractivity contribution in [2.24, 2.45) is 0 Å². The van der Waals surface area contributed by atoms with Crippen LogP contribution in [0.4, 0.5) is 0 Å².